The lowest BCUT2D eigenvalue weighted by Crippen LogP contribution is -2.31. The third-order valence-electron chi connectivity index (χ3n) is 4.08. The Balaban J connectivity index is 1.81. The van der Waals surface area contributed by atoms with Gasteiger partial charge in [0, 0.05) is 43.8 Å². The van der Waals surface area contributed by atoms with Gasteiger partial charge in [0.25, 0.3) is 0 Å². The molecule has 1 N–H and O–H groups in total. The van der Waals surface area contributed by atoms with Crippen LogP contribution in [-0.4, -0.2) is 39.8 Å². The molecule has 0 bridgehead atoms. The average Bonchev–Trinajstić information content (AvgIpc) is 2.97. The number of β-amino-alcohol motifs (C(OH)–C–C–N with tert-alkyl or cyclic N) is 1. The van der Waals surface area contributed by atoms with Crippen molar-refractivity contribution in [2.24, 2.45) is 0 Å². The van der Waals surface area contributed by atoms with Gasteiger partial charge >= 0.3 is 0 Å². The second kappa shape index (κ2) is 5.03. The highest BCUT2D eigenvalue weighted by molar-refractivity contribution is 5.81. The van der Waals surface area contributed by atoms with Gasteiger partial charge in [0.2, 0.25) is 0 Å². The molecule has 1 aliphatic rings. The van der Waals surface area contributed by atoms with Gasteiger partial charge in [-0.1, -0.05) is 0 Å². The predicted octanol–water partition coefficient (Wildman–Crippen LogP) is 2.52. The Labute approximate surface area is 120 Å². The van der Waals surface area contributed by atoms with Crippen molar-refractivity contribution >= 4 is 10.9 Å². The third-order valence-corrected chi connectivity index (χ3v) is 4.08. The molecule has 114 valence electrons. The molecule has 1 unspecified atom stereocenters. The lowest BCUT2D eigenvalue weighted by atomic mass is 10.1. The minimum Gasteiger partial charge on any atom is -0.389 e. The number of hydrogen-bond donors (Lipinski definition) is 1. The molecule has 21 heavy (non-hydrogen) atoms. The Hall–Kier alpha value is -1.53. The van der Waals surface area contributed by atoms with Crippen LogP contribution < -0.4 is 0 Å². The topological polar surface area (TPSA) is 28.4 Å². The van der Waals surface area contributed by atoms with Crippen molar-refractivity contribution in [1.29, 1.82) is 0 Å². The van der Waals surface area contributed by atoms with Gasteiger partial charge in [-0.3, -0.25) is 4.90 Å². The molecule has 0 aliphatic carbocycles. The Morgan fingerprint density at radius 3 is 2.67 bits per heavy atom. The van der Waals surface area contributed by atoms with Crippen LogP contribution in [0, 0.1) is 17.5 Å². The Morgan fingerprint density at radius 2 is 2.00 bits per heavy atom. The minimum absolute atomic E-state index is 0.0408. The van der Waals surface area contributed by atoms with Crippen LogP contribution in [0.1, 0.15) is 13.3 Å². The summed E-state index contributed by atoms with van der Waals surface area (Å²) in [4.78, 5) is 2.07. The summed E-state index contributed by atoms with van der Waals surface area (Å²) in [5.74, 6) is -2.95. The number of halogens is 3. The van der Waals surface area contributed by atoms with Gasteiger partial charge in [-0.15, -0.1) is 0 Å². The molecule has 1 fully saturated rings. The molecule has 1 aromatic heterocycles. The second-order valence-electron chi connectivity index (χ2n) is 5.95. The highest BCUT2D eigenvalue weighted by Gasteiger charge is 2.30. The van der Waals surface area contributed by atoms with Crippen LogP contribution in [0.2, 0.25) is 0 Å². The normalized spacial score (nSPS) is 23.3. The zero-order chi connectivity index (χ0) is 15.2. The van der Waals surface area contributed by atoms with Crippen molar-refractivity contribution in [3.63, 3.8) is 0 Å². The molecule has 0 saturated carbocycles. The largest absolute Gasteiger partial charge is 0.389 e. The fraction of sp³-hybridized carbons (Fsp3) is 0.467. The molecule has 2 heterocycles. The monoisotopic (exact) mass is 298 g/mol. The molecule has 3 rings (SSSR count). The van der Waals surface area contributed by atoms with Crippen LogP contribution in [0.15, 0.2) is 18.3 Å². The summed E-state index contributed by atoms with van der Waals surface area (Å²) in [6, 6.07) is 1.96. The fourth-order valence-corrected chi connectivity index (χ4v) is 2.95. The summed E-state index contributed by atoms with van der Waals surface area (Å²) in [5, 5.41) is 9.86. The summed E-state index contributed by atoms with van der Waals surface area (Å²) < 4.78 is 42.3. The van der Waals surface area contributed by atoms with E-state index in [0.29, 0.717) is 32.1 Å². The Bertz CT molecular complexity index is 681. The number of aliphatic hydroxyl groups is 1. The minimum atomic E-state index is -1.17. The van der Waals surface area contributed by atoms with Crippen LogP contribution in [0.4, 0.5) is 13.2 Å². The van der Waals surface area contributed by atoms with Crippen LogP contribution in [0.25, 0.3) is 10.9 Å². The van der Waals surface area contributed by atoms with Gasteiger partial charge in [0.1, 0.15) is 0 Å². The lowest BCUT2D eigenvalue weighted by Gasteiger charge is -2.19. The van der Waals surface area contributed by atoms with Crippen molar-refractivity contribution in [3.8, 4) is 0 Å². The maximum absolute atomic E-state index is 13.9. The van der Waals surface area contributed by atoms with Gasteiger partial charge in [-0.05, 0) is 19.4 Å². The van der Waals surface area contributed by atoms with Gasteiger partial charge in [0.15, 0.2) is 17.5 Å². The molecular weight excluding hydrogens is 281 g/mol. The maximum Gasteiger partial charge on any atom is 0.168 e. The van der Waals surface area contributed by atoms with Crippen molar-refractivity contribution in [2.45, 2.75) is 25.5 Å². The second-order valence-corrected chi connectivity index (χ2v) is 5.95. The first-order valence-corrected chi connectivity index (χ1v) is 6.94. The molecule has 0 spiro atoms. The number of nitrogens with zero attached hydrogens (tertiary/aromatic N) is 2. The zero-order valence-corrected chi connectivity index (χ0v) is 11.7. The van der Waals surface area contributed by atoms with Gasteiger partial charge in [-0.2, -0.15) is 0 Å². The van der Waals surface area contributed by atoms with Crippen molar-refractivity contribution in [2.75, 3.05) is 19.6 Å². The van der Waals surface area contributed by atoms with Crippen LogP contribution in [-0.2, 0) is 6.54 Å². The van der Waals surface area contributed by atoms with E-state index in [1.54, 1.807) is 17.7 Å². The molecule has 3 nitrogen and oxygen atoms in total. The van der Waals surface area contributed by atoms with E-state index in [1.165, 1.54) is 6.07 Å². The summed E-state index contributed by atoms with van der Waals surface area (Å²) in [7, 11) is 0. The van der Waals surface area contributed by atoms with E-state index in [0.717, 1.165) is 6.54 Å². The van der Waals surface area contributed by atoms with E-state index < -0.39 is 23.1 Å². The van der Waals surface area contributed by atoms with E-state index in [4.69, 9.17) is 0 Å². The summed E-state index contributed by atoms with van der Waals surface area (Å²) >= 11 is 0. The number of hydrogen-bond acceptors (Lipinski definition) is 2. The number of fused-ring (bicyclic) bond motifs is 1. The van der Waals surface area contributed by atoms with E-state index in [9.17, 15) is 18.3 Å². The first-order valence-electron chi connectivity index (χ1n) is 6.94. The van der Waals surface area contributed by atoms with E-state index in [1.807, 2.05) is 0 Å². The van der Waals surface area contributed by atoms with E-state index >= 15 is 0 Å². The molecule has 1 atom stereocenters. The molecule has 1 saturated heterocycles. The Kier molecular flexibility index (Phi) is 3.45. The number of benzene rings is 1. The van der Waals surface area contributed by atoms with E-state index in [2.05, 4.69) is 4.90 Å². The van der Waals surface area contributed by atoms with Gasteiger partial charge in [0.05, 0.1) is 11.1 Å². The molecule has 1 aromatic carbocycles. The smallest absolute Gasteiger partial charge is 0.168 e. The van der Waals surface area contributed by atoms with Crippen LogP contribution in [0.3, 0.4) is 0 Å². The third kappa shape index (κ3) is 2.65. The molecule has 0 amide bonds. The summed E-state index contributed by atoms with van der Waals surface area (Å²) in [6.07, 6.45) is 2.26. The molecule has 1 aliphatic heterocycles. The highest BCUT2D eigenvalue weighted by atomic mass is 19.2. The first-order chi connectivity index (χ1) is 9.87. The molecule has 2 aromatic rings. The fourth-order valence-electron chi connectivity index (χ4n) is 2.95. The number of rotatable bonds is 3. The summed E-state index contributed by atoms with van der Waals surface area (Å²) in [6.45, 7) is 4.21. The van der Waals surface area contributed by atoms with E-state index in [-0.39, 0.29) is 10.9 Å². The first kappa shape index (κ1) is 14.4. The summed E-state index contributed by atoms with van der Waals surface area (Å²) in [5.41, 5.74) is -0.598. The standard InChI is InChI=1S/C15H17F3N2O/c1-15(21)3-5-19(9-15)6-7-20-4-2-10-13(18)11(16)8-12(17)14(10)20/h2,4,8,21H,3,5-7,9H2,1H3. The molecular formula is C15H17F3N2O. The van der Waals surface area contributed by atoms with Gasteiger partial charge < -0.3 is 9.67 Å². The van der Waals surface area contributed by atoms with Gasteiger partial charge in [-0.25, -0.2) is 13.2 Å². The predicted molar refractivity (Wildman–Crippen MR) is 73.5 cm³/mol. The zero-order valence-electron chi connectivity index (χ0n) is 11.7. The van der Waals surface area contributed by atoms with Crippen molar-refractivity contribution < 1.29 is 18.3 Å². The van der Waals surface area contributed by atoms with Crippen molar-refractivity contribution in [3.05, 3.63) is 35.8 Å². The number of aromatic nitrogens is 1. The average molecular weight is 298 g/mol. The molecule has 6 heteroatoms. The maximum atomic E-state index is 13.9. The van der Waals surface area contributed by atoms with Crippen LogP contribution >= 0.6 is 0 Å². The lowest BCUT2D eigenvalue weighted by molar-refractivity contribution is 0.0684. The number of likely N-dealkylation sites (tertiary alicyclic amines) is 1. The SMILES string of the molecule is CC1(O)CCN(CCn2ccc3c(F)c(F)cc(F)c32)C1. The van der Waals surface area contributed by atoms with Crippen LogP contribution in [0.5, 0.6) is 0 Å². The highest BCUT2D eigenvalue weighted by Crippen LogP contribution is 2.25. The molecule has 0 radical (unpaired) electrons. The van der Waals surface area contributed by atoms with Crippen molar-refractivity contribution in [1.82, 2.24) is 9.47 Å². The Morgan fingerprint density at radius 1 is 1.24 bits per heavy atom. The quantitative estimate of drug-likeness (QED) is 0.882.